The van der Waals surface area contributed by atoms with E-state index in [9.17, 15) is 4.79 Å². The molecule has 4 heteroatoms. The molecule has 2 aliphatic rings. The quantitative estimate of drug-likeness (QED) is 0.766. The topological polar surface area (TPSA) is 44.9 Å². The lowest BCUT2D eigenvalue weighted by Crippen LogP contribution is -2.42. The molecule has 0 spiro atoms. The van der Waals surface area contributed by atoms with Crippen LogP contribution in [0, 0.1) is 11.8 Å². The van der Waals surface area contributed by atoms with Gasteiger partial charge in [-0.05, 0) is 74.6 Å². The highest BCUT2D eigenvalue weighted by Gasteiger charge is 2.28. The second-order valence-corrected chi connectivity index (χ2v) is 8.59. The van der Waals surface area contributed by atoms with Gasteiger partial charge in [-0.15, -0.1) is 0 Å². The lowest BCUT2D eigenvalue weighted by Gasteiger charge is -2.29. The lowest BCUT2D eigenvalue weighted by molar-refractivity contribution is -0.127. The van der Waals surface area contributed by atoms with Crippen LogP contribution in [0.25, 0.3) is 10.9 Å². The molecule has 2 aromatic rings. The van der Waals surface area contributed by atoms with Crippen molar-refractivity contribution in [2.75, 3.05) is 0 Å². The summed E-state index contributed by atoms with van der Waals surface area (Å²) in [5, 5.41) is 4.64. The number of aromatic amines is 1. The predicted octanol–water partition coefficient (Wildman–Crippen LogP) is 4.73. The predicted molar refractivity (Wildman–Crippen MR) is 101 cm³/mol. The van der Waals surface area contributed by atoms with E-state index in [-0.39, 0.29) is 17.9 Å². The van der Waals surface area contributed by atoms with Crippen molar-refractivity contribution in [3.63, 3.8) is 0 Å². The number of amides is 1. The van der Waals surface area contributed by atoms with Crippen LogP contribution in [0.5, 0.6) is 0 Å². The molecule has 0 aliphatic heterocycles. The monoisotopic (exact) mass is 388 g/mol. The van der Waals surface area contributed by atoms with Crippen LogP contribution in [0.3, 0.4) is 0 Å². The number of hydrogen-bond donors (Lipinski definition) is 2. The Morgan fingerprint density at radius 2 is 2.00 bits per heavy atom. The van der Waals surface area contributed by atoms with Crippen LogP contribution in [0.2, 0.25) is 0 Å². The minimum atomic E-state index is 0.236. The van der Waals surface area contributed by atoms with Crippen LogP contribution in [-0.4, -0.2) is 16.9 Å². The number of aromatic nitrogens is 1. The Balaban J connectivity index is 1.47. The Morgan fingerprint density at radius 1 is 1.21 bits per heavy atom. The van der Waals surface area contributed by atoms with Crippen LogP contribution in [0.1, 0.15) is 50.3 Å². The standard InChI is InChI=1S/C20H25BrN2O/c1-12-2-4-13(5-3-12)20(24)22-15-7-9-19-17(11-15)16-10-14(21)6-8-18(16)23-19/h6,8,10,12-13,15,23H,2-5,7,9,11H2,1H3,(H,22,24)/t12?,13?,15-/m0/s1. The molecule has 1 atom stereocenters. The summed E-state index contributed by atoms with van der Waals surface area (Å²) in [4.78, 5) is 16.2. The highest BCUT2D eigenvalue weighted by Crippen LogP contribution is 2.32. The van der Waals surface area contributed by atoms with Crippen molar-refractivity contribution in [1.29, 1.82) is 0 Å². The Hall–Kier alpha value is -1.29. The second kappa shape index (κ2) is 6.55. The molecule has 1 amide bonds. The fraction of sp³-hybridized carbons (Fsp3) is 0.550. The first kappa shape index (κ1) is 16.2. The Morgan fingerprint density at radius 3 is 2.79 bits per heavy atom. The molecule has 0 saturated heterocycles. The van der Waals surface area contributed by atoms with Crippen LogP contribution in [0.15, 0.2) is 22.7 Å². The Labute approximate surface area is 151 Å². The molecule has 2 N–H and O–H groups in total. The van der Waals surface area contributed by atoms with Crippen molar-refractivity contribution in [1.82, 2.24) is 10.3 Å². The van der Waals surface area contributed by atoms with E-state index < -0.39 is 0 Å². The van der Waals surface area contributed by atoms with E-state index in [1.807, 2.05) is 0 Å². The molecule has 4 rings (SSSR count). The number of benzene rings is 1. The van der Waals surface area contributed by atoms with Crippen molar-refractivity contribution in [2.24, 2.45) is 11.8 Å². The summed E-state index contributed by atoms with van der Waals surface area (Å²) in [6.45, 7) is 2.30. The smallest absolute Gasteiger partial charge is 0.223 e. The van der Waals surface area contributed by atoms with Crippen LogP contribution in [0.4, 0.5) is 0 Å². The second-order valence-electron chi connectivity index (χ2n) is 7.68. The van der Waals surface area contributed by atoms with Crippen LogP contribution >= 0.6 is 15.9 Å². The van der Waals surface area contributed by atoms with E-state index in [0.717, 1.165) is 42.5 Å². The maximum atomic E-state index is 12.6. The summed E-state index contributed by atoms with van der Waals surface area (Å²) < 4.78 is 1.11. The number of H-pyrrole nitrogens is 1. The summed E-state index contributed by atoms with van der Waals surface area (Å²) in [6, 6.07) is 6.68. The summed E-state index contributed by atoms with van der Waals surface area (Å²) in [7, 11) is 0. The Bertz CT molecular complexity index is 758. The van der Waals surface area contributed by atoms with E-state index in [2.05, 4.69) is 51.4 Å². The molecule has 24 heavy (non-hydrogen) atoms. The average molecular weight is 389 g/mol. The fourth-order valence-corrected chi connectivity index (χ4v) is 4.71. The number of aryl methyl sites for hydroxylation is 1. The van der Waals surface area contributed by atoms with E-state index in [0.29, 0.717) is 0 Å². The van der Waals surface area contributed by atoms with Crippen molar-refractivity contribution >= 4 is 32.7 Å². The van der Waals surface area contributed by atoms with Gasteiger partial charge in [0.15, 0.2) is 0 Å². The van der Waals surface area contributed by atoms with Gasteiger partial charge in [0.2, 0.25) is 5.91 Å². The summed E-state index contributed by atoms with van der Waals surface area (Å²) in [5.74, 6) is 1.31. The largest absolute Gasteiger partial charge is 0.358 e. The SMILES string of the molecule is CC1CCC(C(=O)N[C@H]2CCc3[nH]c4ccc(Br)cc4c3C2)CC1. The van der Waals surface area contributed by atoms with E-state index in [4.69, 9.17) is 0 Å². The maximum absolute atomic E-state index is 12.6. The van der Waals surface area contributed by atoms with Gasteiger partial charge in [-0.25, -0.2) is 0 Å². The minimum absolute atomic E-state index is 0.236. The molecule has 3 nitrogen and oxygen atoms in total. The molecular formula is C20H25BrN2O. The number of fused-ring (bicyclic) bond motifs is 3. The van der Waals surface area contributed by atoms with Crippen molar-refractivity contribution < 1.29 is 4.79 Å². The van der Waals surface area contributed by atoms with Crippen LogP contribution in [-0.2, 0) is 17.6 Å². The normalized spacial score (nSPS) is 27.0. The first-order valence-corrected chi connectivity index (χ1v) is 9.99. The average Bonchev–Trinajstić information content (AvgIpc) is 2.93. The third kappa shape index (κ3) is 3.13. The molecule has 0 unspecified atom stereocenters. The molecule has 1 saturated carbocycles. The van der Waals surface area contributed by atoms with Crippen LogP contribution < -0.4 is 5.32 Å². The molecule has 2 aliphatic carbocycles. The highest BCUT2D eigenvalue weighted by atomic mass is 79.9. The van der Waals surface area contributed by atoms with Gasteiger partial charge in [0, 0.05) is 33.0 Å². The fourth-order valence-electron chi connectivity index (χ4n) is 4.35. The Kier molecular flexibility index (Phi) is 4.42. The first-order chi connectivity index (χ1) is 11.6. The molecule has 1 aromatic heterocycles. The molecular weight excluding hydrogens is 364 g/mol. The zero-order valence-corrected chi connectivity index (χ0v) is 15.8. The van der Waals surface area contributed by atoms with Gasteiger partial charge in [-0.2, -0.15) is 0 Å². The zero-order chi connectivity index (χ0) is 16.7. The number of hydrogen-bond acceptors (Lipinski definition) is 1. The molecule has 1 fully saturated rings. The molecule has 128 valence electrons. The molecule has 1 heterocycles. The highest BCUT2D eigenvalue weighted by molar-refractivity contribution is 9.10. The molecule has 0 radical (unpaired) electrons. The van der Waals surface area contributed by atoms with Crippen molar-refractivity contribution in [3.8, 4) is 0 Å². The summed E-state index contributed by atoms with van der Waals surface area (Å²) in [5.41, 5.74) is 3.94. The number of halogens is 1. The summed E-state index contributed by atoms with van der Waals surface area (Å²) >= 11 is 3.57. The van der Waals surface area contributed by atoms with E-state index >= 15 is 0 Å². The van der Waals surface area contributed by atoms with Gasteiger partial charge < -0.3 is 10.3 Å². The minimum Gasteiger partial charge on any atom is -0.358 e. The van der Waals surface area contributed by atoms with E-state index in [1.54, 1.807) is 0 Å². The van der Waals surface area contributed by atoms with Gasteiger partial charge in [-0.3, -0.25) is 4.79 Å². The number of nitrogens with one attached hydrogen (secondary N) is 2. The van der Waals surface area contributed by atoms with Gasteiger partial charge >= 0.3 is 0 Å². The molecule has 1 aromatic carbocycles. The van der Waals surface area contributed by atoms with E-state index in [1.165, 1.54) is 35.0 Å². The van der Waals surface area contributed by atoms with Gasteiger partial charge in [0.25, 0.3) is 0 Å². The summed E-state index contributed by atoms with van der Waals surface area (Å²) in [6.07, 6.45) is 7.52. The zero-order valence-electron chi connectivity index (χ0n) is 14.2. The maximum Gasteiger partial charge on any atom is 0.223 e. The van der Waals surface area contributed by atoms with Crippen molar-refractivity contribution in [2.45, 2.75) is 57.9 Å². The number of rotatable bonds is 2. The number of carbonyl (C=O) groups excluding carboxylic acids is 1. The third-order valence-electron chi connectivity index (χ3n) is 5.88. The van der Waals surface area contributed by atoms with Crippen molar-refractivity contribution in [3.05, 3.63) is 33.9 Å². The van der Waals surface area contributed by atoms with Gasteiger partial charge in [-0.1, -0.05) is 22.9 Å². The molecule has 0 bridgehead atoms. The first-order valence-electron chi connectivity index (χ1n) is 9.19. The number of carbonyl (C=O) groups is 1. The van der Waals surface area contributed by atoms with Gasteiger partial charge in [0.05, 0.1) is 0 Å². The lowest BCUT2D eigenvalue weighted by atomic mass is 9.82. The third-order valence-corrected chi connectivity index (χ3v) is 6.38. The van der Waals surface area contributed by atoms with Gasteiger partial charge in [0.1, 0.15) is 0 Å².